The summed E-state index contributed by atoms with van der Waals surface area (Å²) < 4.78 is 13.2. The topological polar surface area (TPSA) is 15.8 Å². The SMILES string of the molecule is Fc1cccc(-c2cccc3[nH]ccc23)c1. The molecule has 0 bridgehead atoms. The lowest BCUT2D eigenvalue weighted by molar-refractivity contribution is 0.628. The molecule has 0 fully saturated rings. The highest BCUT2D eigenvalue weighted by atomic mass is 19.1. The molecule has 0 unspecified atom stereocenters. The quantitative estimate of drug-likeness (QED) is 0.626. The third kappa shape index (κ3) is 1.39. The molecular formula is C14H10FN. The first-order valence-electron chi connectivity index (χ1n) is 5.17. The molecule has 1 heterocycles. The highest BCUT2D eigenvalue weighted by Crippen LogP contribution is 2.28. The Morgan fingerprint density at radius 2 is 1.81 bits per heavy atom. The molecule has 0 radical (unpaired) electrons. The van der Waals surface area contributed by atoms with Gasteiger partial charge in [-0.1, -0.05) is 24.3 Å². The van der Waals surface area contributed by atoms with Crippen LogP contribution in [0.25, 0.3) is 22.0 Å². The Bertz CT molecular complexity index is 640. The first-order chi connectivity index (χ1) is 7.84. The van der Waals surface area contributed by atoms with Gasteiger partial charge in [-0.25, -0.2) is 4.39 Å². The molecule has 0 aliphatic rings. The molecule has 0 saturated carbocycles. The van der Waals surface area contributed by atoms with Crippen LogP contribution in [0.1, 0.15) is 0 Å². The zero-order valence-electron chi connectivity index (χ0n) is 8.57. The lowest BCUT2D eigenvalue weighted by atomic mass is 10.0. The summed E-state index contributed by atoms with van der Waals surface area (Å²) in [5.74, 6) is -0.204. The number of H-pyrrole nitrogens is 1. The summed E-state index contributed by atoms with van der Waals surface area (Å²) in [7, 11) is 0. The summed E-state index contributed by atoms with van der Waals surface area (Å²) in [5.41, 5.74) is 3.03. The number of halogens is 1. The van der Waals surface area contributed by atoms with Crippen LogP contribution in [0, 0.1) is 5.82 Å². The molecule has 78 valence electrons. The highest BCUT2D eigenvalue weighted by molar-refractivity contribution is 5.94. The van der Waals surface area contributed by atoms with Crippen LogP contribution in [0.4, 0.5) is 4.39 Å². The Labute approximate surface area is 92.5 Å². The molecule has 0 amide bonds. The lowest BCUT2D eigenvalue weighted by Gasteiger charge is -2.03. The van der Waals surface area contributed by atoms with E-state index in [1.54, 1.807) is 12.1 Å². The molecular weight excluding hydrogens is 201 g/mol. The zero-order chi connectivity index (χ0) is 11.0. The van der Waals surface area contributed by atoms with E-state index in [0.717, 1.165) is 22.0 Å². The van der Waals surface area contributed by atoms with E-state index < -0.39 is 0 Å². The van der Waals surface area contributed by atoms with Crippen molar-refractivity contribution < 1.29 is 4.39 Å². The molecule has 1 aromatic heterocycles. The number of hydrogen-bond donors (Lipinski definition) is 1. The van der Waals surface area contributed by atoms with Crippen molar-refractivity contribution in [3.05, 3.63) is 60.5 Å². The molecule has 0 saturated heterocycles. The van der Waals surface area contributed by atoms with E-state index in [-0.39, 0.29) is 5.82 Å². The second-order valence-electron chi connectivity index (χ2n) is 3.75. The van der Waals surface area contributed by atoms with Crippen molar-refractivity contribution in [3.8, 4) is 11.1 Å². The van der Waals surface area contributed by atoms with Crippen molar-refractivity contribution in [2.75, 3.05) is 0 Å². The van der Waals surface area contributed by atoms with Gasteiger partial charge in [0.25, 0.3) is 0 Å². The van der Waals surface area contributed by atoms with Gasteiger partial charge in [0.05, 0.1) is 0 Å². The maximum Gasteiger partial charge on any atom is 0.123 e. The summed E-state index contributed by atoms with van der Waals surface area (Å²) in [6.45, 7) is 0. The summed E-state index contributed by atoms with van der Waals surface area (Å²) in [5, 5.41) is 1.12. The van der Waals surface area contributed by atoms with Crippen LogP contribution < -0.4 is 0 Å². The Kier molecular flexibility index (Phi) is 2.00. The maximum absolute atomic E-state index is 13.2. The predicted molar refractivity (Wildman–Crippen MR) is 63.7 cm³/mol. The van der Waals surface area contributed by atoms with Gasteiger partial charge < -0.3 is 4.98 Å². The van der Waals surface area contributed by atoms with Gasteiger partial charge in [-0.2, -0.15) is 0 Å². The molecule has 1 N–H and O–H groups in total. The Morgan fingerprint density at radius 3 is 2.69 bits per heavy atom. The van der Waals surface area contributed by atoms with E-state index in [9.17, 15) is 4.39 Å². The molecule has 0 aliphatic carbocycles. The second-order valence-corrected chi connectivity index (χ2v) is 3.75. The fourth-order valence-electron chi connectivity index (χ4n) is 1.99. The van der Waals surface area contributed by atoms with Crippen molar-refractivity contribution in [1.29, 1.82) is 0 Å². The number of benzene rings is 2. The van der Waals surface area contributed by atoms with Crippen molar-refractivity contribution in [3.63, 3.8) is 0 Å². The van der Waals surface area contributed by atoms with Gasteiger partial charge >= 0.3 is 0 Å². The van der Waals surface area contributed by atoms with E-state index in [0.29, 0.717) is 0 Å². The van der Waals surface area contributed by atoms with Gasteiger partial charge in [0.1, 0.15) is 5.82 Å². The summed E-state index contributed by atoms with van der Waals surface area (Å²) in [4.78, 5) is 3.15. The molecule has 0 aliphatic heterocycles. The largest absolute Gasteiger partial charge is 0.361 e. The van der Waals surface area contributed by atoms with E-state index in [2.05, 4.69) is 4.98 Å². The first kappa shape index (κ1) is 9.16. The Balaban J connectivity index is 2.29. The molecule has 1 nitrogen and oxygen atoms in total. The molecule has 3 aromatic rings. The van der Waals surface area contributed by atoms with Crippen molar-refractivity contribution in [2.24, 2.45) is 0 Å². The molecule has 0 atom stereocenters. The van der Waals surface area contributed by atoms with E-state index in [4.69, 9.17) is 0 Å². The van der Waals surface area contributed by atoms with Gasteiger partial charge in [0.15, 0.2) is 0 Å². The van der Waals surface area contributed by atoms with E-state index in [1.807, 2.05) is 36.5 Å². The smallest absolute Gasteiger partial charge is 0.123 e. The van der Waals surface area contributed by atoms with Crippen LogP contribution in [-0.2, 0) is 0 Å². The predicted octanol–water partition coefficient (Wildman–Crippen LogP) is 3.97. The highest BCUT2D eigenvalue weighted by Gasteiger charge is 2.04. The number of rotatable bonds is 1. The standard InChI is InChI=1S/C14H10FN/c15-11-4-1-3-10(9-11)12-5-2-6-14-13(12)7-8-16-14/h1-9,16H. The third-order valence-corrected chi connectivity index (χ3v) is 2.73. The fourth-order valence-corrected chi connectivity index (χ4v) is 1.99. The Hall–Kier alpha value is -2.09. The van der Waals surface area contributed by atoms with Crippen molar-refractivity contribution in [2.45, 2.75) is 0 Å². The maximum atomic E-state index is 13.2. The van der Waals surface area contributed by atoms with Crippen LogP contribution in [-0.4, -0.2) is 4.98 Å². The lowest BCUT2D eigenvalue weighted by Crippen LogP contribution is -1.80. The minimum absolute atomic E-state index is 0.204. The van der Waals surface area contributed by atoms with Crippen LogP contribution in [0.15, 0.2) is 54.7 Å². The summed E-state index contributed by atoms with van der Waals surface area (Å²) in [6, 6.07) is 14.7. The number of aromatic amines is 1. The van der Waals surface area contributed by atoms with Gasteiger partial charge in [0.2, 0.25) is 0 Å². The third-order valence-electron chi connectivity index (χ3n) is 2.73. The molecule has 2 heteroatoms. The average molecular weight is 211 g/mol. The van der Waals surface area contributed by atoms with Crippen molar-refractivity contribution in [1.82, 2.24) is 4.98 Å². The molecule has 3 rings (SSSR count). The fraction of sp³-hybridized carbons (Fsp3) is 0. The molecule has 0 spiro atoms. The molecule has 2 aromatic carbocycles. The minimum atomic E-state index is -0.204. The number of nitrogens with one attached hydrogen (secondary N) is 1. The summed E-state index contributed by atoms with van der Waals surface area (Å²) in [6.07, 6.45) is 1.90. The van der Waals surface area contributed by atoms with Gasteiger partial charge in [-0.05, 0) is 35.4 Å². The second kappa shape index (κ2) is 3.49. The summed E-state index contributed by atoms with van der Waals surface area (Å²) >= 11 is 0. The number of hydrogen-bond acceptors (Lipinski definition) is 0. The van der Waals surface area contributed by atoms with Gasteiger partial charge in [0, 0.05) is 17.1 Å². The van der Waals surface area contributed by atoms with Crippen LogP contribution in [0.3, 0.4) is 0 Å². The molecule has 16 heavy (non-hydrogen) atoms. The van der Waals surface area contributed by atoms with E-state index >= 15 is 0 Å². The number of aromatic nitrogens is 1. The Morgan fingerprint density at radius 1 is 0.938 bits per heavy atom. The van der Waals surface area contributed by atoms with Crippen LogP contribution >= 0.6 is 0 Å². The zero-order valence-corrected chi connectivity index (χ0v) is 8.57. The van der Waals surface area contributed by atoms with E-state index in [1.165, 1.54) is 6.07 Å². The average Bonchev–Trinajstić information content (AvgIpc) is 2.76. The monoisotopic (exact) mass is 211 g/mol. The number of fused-ring (bicyclic) bond motifs is 1. The van der Waals surface area contributed by atoms with Crippen LogP contribution in [0.5, 0.6) is 0 Å². The van der Waals surface area contributed by atoms with Gasteiger partial charge in [-0.15, -0.1) is 0 Å². The van der Waals surface area contributed by atoms with Gasteiger partial charge in [-0.3, -0.25) is 0 Å². The van der Waals surface area contributed by atoms with Crippen molar-refractivity contribution >= 4 is 10.9 Å². The first-order valence-corrected chi connectivity index (χ1v) is 5.17. The minimum Gasteiger partial charge on any atom is -0.361 e. The normalized spacial score (nSPS) is 10.8. The van der Waals surface area contributed by atoms with Crippen LogP contribution in [0.2, 0.25) is 0 Å².